The van der Waals surface area contributed by atoms with E-state index in [-0.39, 0.29) is 69.2 Å². The first-order chi connectivity index (χ1) is 26.8. The van der Waals surface area contributed by atoms with Crippen molar-refractivity contribution < 1.29 is 52.4 Å². The predicted molar refractivity (Wildman–Crippen MR) is 222 cm³/mol. The van der Waals surface area contributed by atoms with Crippen molar-refractivity contribution in [3.8, 4) is 0 Å². The Balaban J connectivity index is 1.59. The van der Waals surface area contributed by atoms with Gasteiger partial charge < -0.3 is 10.6 Å². The lowest BCUT2D eigenvalue weighted by atomic mass is 9.82. The van der Waals surface area contributed by atoms with Crippen molar-refractivity contribution in [2.24, 2.45) is 0 Å². The van der Waals surface area contributed by atoms with E-state index >= 15 is 0 Å². The number of aryl methyl sites for hydroxylation is 4. The summed E-state index contributed by atoms with van der Waals surface area (Å²) >= 11 is 0. The van der Waals surface area contributed by atoms with Gasteiger partial charge in [0.1, 0.15) is 0 Å². The third kappa shape index (κ3) is 9.76. The molecule has 20 heteroatoms. The Labute approximate surface area is 338 Å². The first-order valence-corrected chi connectivity index (χ1v) is 24.2. The zero-order chi connectivity index (χ0) is 43.1. The SMILES string of the molecule is Cc1cc(C)c(NS(=O)(=O)CCCS(=O)(=O)O)c(C)c1Nc1ccc(Nc2c(C)cc(C)c(S(=O)(=O)NCCCS(=O)(=O)O)c2C)c2c1C(=O)c1ccccc1C2=O. The molecule has 4 aromatic carbocycles. The van der Waals surface area contributed by atoms with Crippen LogP contribution in [0.4, 0.5) is 28.4 Å². The second-order valence-corrected chi connectivity index (χ2v) is 20.9. The molecular formula is C38H44N4O12S4. The number of anilines is 5. The van der Waals surface area contributed by atoms with Crippen LogP contribution in [0, 0.1) is 41.5 Å². The second kappa shape index (κ2) is 16.5. The molecule has 0 fully saturated rings. The Hall–Kier alpha value is -4.70. The molecule has 16 nitrogen and oxygen atoms in total. The molecule has 0 spiro atoms. The van der Waals surface area contributed by atoms with Gasteiger partial charge in [0.05, 0.1) is 50.3 Å². The van der Waals surface area contributed by atoms with Crippen LogP contribution in [-0.4, -0.2) is 78.1 Å². The molecule has 4 aromatic rings. The van der Waals surface area contributed by atoms with Gasteiger partial charge in [0.15, 0.2) is 11.6 Å². The molecule has 0 radical (unpaired) electrons. The summed E-state index contributed by atoms with van der Waals surface area (Å²) in [5.74, 6) is -2.91. The van der Waals surface area contributed by atoms with E-state index in [0.717, 1.165) is 0 Å². The van der Waals surface area contributed by atoms with Crippen LogP contribution in [0.3, 0.4) is 0 Å². The molecule has 0 aliphatic heterocycles. The van der Waals surface area contributed by atoms with E-state index < -0.39 is 69.1 Å². The number of sulfonamides is 2. The van der Waals surface area contributed by atoms with Gasteiger partial charge in [-0.2, -0.15) is 16.8 Å². The van der Waals surface area contributed by atoms with E-state index in [9.17, 15) is 43.3 Å². The molecule has 58 heavy (non-hydrogen) atoms. The van der Waals surface area contributed by atoms with Gasteiger partial charge in [0, 0.05) is 29.0 Å². The molecule has 312 valence electrons. The molecule has 0 unspecified atom stereocenters. The third-order valence-electron chi connectivity index (χ3n) is 9.68. The first kappa shape index (κ1) is 44.4. The molecule has 6 N–H and O–H groups in total. The molecular weight excluding hydrogens is 833 g/mol. The van der Waals surface area contributed by atoms with Crippen molar-refractivity contribution in [2.75, 3.05) is 39.2 Å². The average Bonchev–Trinajstić information content (AvgIpc) is 3.10. The zero-order valence-corrected chi connectivity index (χ0v) is 35.7. The van der Waals surface area contributed by atoms with Gasteiger partial charge in [-0.15, -0.1) is 0 Å². The minimum Gasteiger partial charge on any atom is -0.354 e. The fraction of sp³-hybridized carbons (Fsp3) is 0.316. The van der Waals surface area contributed by atoms with Gasteiger partial charge in [0.2, 0.25) is 20.0 Å². The summed E-state index contributed by atoms with van der Waals surface area (Å²) < 4.78 is 121. The van der Waals surface area contributed by atoms with Crippen molar-refractivity contribution >= 4 is 80.3 Å². The topological polar surface area (TPSA) is 259 Å². The molecule has 0 amide bonds. The highest BCUT2D eigenvalue weighted by Crippen LogP contribution is 2.42. The van der Waals surface area contributed by atoms with Crippen LogP contribution in [0.5, 0.6) is 0 Å². The van der Waals surface area contributed by atoms with Gasteiger partial charge in [-0.25, -0.2) is 21.6 Å². The number of fused-ring (bicyclic) bond motifs is 2. The molecule has 0 aromatic heterocycles. The van der Waals surface area contributed by atoms with Crippen LogP contribution < -0.4 is 20.1 Å². The molecule has 5 rings (SSSR count). The largest absolute Gasteiger partial charge is 0.354 e. The molecule has 0 bridgehead atoms. The summed E-state index contributed by atoms with van der Waals surface area (Å²) in [6.07, 6.45) is -0.516. The zero-order valence-electron chi connectivity index (χ0n) is 32.5. The van der Waals surface area contributed by atoms with Crippen LogP contribution in [0.15, 0.2) is 53.4 Å². The van der Waals surface area contributed by atoms with Gasteiger partial charge in [0.25, 0.3) is 20.2 Å². The number of ketones is 2. The van der Waals surface area contributed by atoms with Crippen LogP contribution in [0.2, 0.25) is 0 Å². The van der Waals surface area contributed by atoms with Gasteiger partial charge in [-0.05, 0) is 99.9 Å². The summed E-state index contributed by atoms with van der Waals surface area (Å²) in [4.78, 5) is 28.6. The molecule has 0 heterocycles. The smallest absolute Gasteiger partial charge is 0.264 e. The second-order valence-electron chi connectivity index (χ2n) is 14.2. The van der Waals surface area contributed by atoms with Crippen LogP contribution >= 0.6 is 0 Å². The minimum absolute atomic E-state index is 0.00278. The molecule has 0 saturated carbocycles. The highest BCUT2D eigenvalue weighted by Gasteiger charge is 2.35. The van der Waals surface area contributed by atoms with Crippen LogP contribution in [-0.2, 0) is 40.3 Å². The number of carbonyl (C=O) groups is 2. The number of hydrogen-bond acceptors (Lipinski definition) is 12. The Morgan fingerprint density at radius 2 is 1.00 bits per heavy atom. The van der Waals surface area contributed by atoms with Crippen molar-refractivity contribution in [3.63, 3.8) is 0 Å². The maximum absolute atomic E-state index is 14.4. The highest BCUT2D eigenvalue weighted by atomic mass is 32.2. The van der Waals surface area contributed by atoms with Crippen LogP contribution in [0.25, 0.3) is 0 Å². The van der Waals surface area contributed by atoms with Crippen molar-refractivity contribution in [1.82, 2.24) is 4.72 Å². The van der Waals surface area contributed by atoms with Crippen LogP contribution in [0.1, 0.15) is 78.1 Å². The van der Waals surface area contributed by atoms with E-state index in [4.69, 9.17) is 9.11 Å². The Bertz CT molecular complexity index is 2820. The third-order valence-corrected chi connectivity index (χ3v) is 14.4. The van der Waals surface area contributed by atoms with E-state index in [2.05, 4.69) is 20.1 Å². The number of carbonyl (C=O) groups excluding carboxylic acids is 2. The van der Waals surface area contributed by atoms with E-state index in [0.29, 0.717) is 39.2 Å². The van der Waals surface area contributed by atoms with Gasteiger partial charge in [-0.3, -0.25) is 23.4 Å². The maximum atomic E-state index is 14.4. The Morgan fingerprint density at radius 1 is 0.552 bits per heavy atom. The maximum Gasteiger partial charge on any atom is 0.264 e. The number of benzene rings is 4. The molecule has 0 atom stereocenters. The summed E-state index contributed by atoms with van der Waals surface area (Å²) in [5.41, 5.74) is 4.68. The van der Waals surface area contributed by atoms with E-state index in [1.165, 1.54) is 12.1 Å². The van der Waals surface area contributed by atoms with Gasteiger partial charge >= 0.3 is 0 Å². The molecule has 1 aliphatic carbocycles. The fourth-order valence-electron chi connectivity index (χ4n) is 7.18. The quantitative estimate of drug-likeness (QED) is 0.0538. The Kier molecular flexibility index (Phi) is 12.6. The highest BCUT2D eigenvalue weighted by molar-refractivity contribution is 7.92. The average molecular weight is 877 g/mol. The van der Waals surface area contributed by atoms with E-state index in [1.54, 1.807) is 77.9 Å². The standard InChI is InChI=1S/C38H44N4O12S4/c1-21-19-23(3)35(42-55(45,46)16-10-18-57(50,51)52)25(5)33(21)40-29-13-14-30(32-31(29)36(43)27-11-7-8-12-28(27)37(32)44)41-34-22(2)20-24(4)38(26(34)6)58(53,54)39-15-9-17-56(47,48)49/h7-8,11-14,19-20,39-42H,9-10,15-18H2,1-6H3,(H,47,48,49)(H,50,51,52). The van der Waals surface area contributed by atoms with Crippen molar-refractivity contribution in [3.05, 3.63) is 104 Å². The molecule has 1 aliphatic rings. The molecule has 0 saturated heterocycles. The van der Waals surface area contributed by atoms with Gasteiger partial charge in [-0.1, -0.05) is 36.4 Å². The lowest BCUT2D eigenvalue weighted by molar-refractivity contribution is 0.0980. The predicted octanol–water partition coefficient (Wildman–Crippen LogP) is 5.38. The first-order valence-electron chi connectivity index (χ1n) is 17.8. The minimum atomic E-state index is -4.37. The van der Waals surface area contributed by atoms with E-state index in [1.807, 2.05) is 0 Å². The number of hydrogen-bond donors (Lipinski definition) is 6. The van der Waals surface area contributed by atoms with Crippen molar-refractivity contribution in [1.29, 1.82) is 0 Å². The monoisotopic (exact) mass is 876 g/mol. The lowest BCUT2D eigenvalue weighted by Crippen LogP contribution is -2.28. The summed E-state index contributed by atoms with van der Waals surface area (Å²) in [5, 5.41) is 6.49. The number of nitrogens with one attached hydrogen (secondary N) is 4. The lowest BCUT2D eigenvalue weighted by Gasteiger charge is -2.26. The Morgan fingerprint density at radius 3 is 1.50 bits per heavy atom. The fourth-order valence-corrected chi connectivity index (χ4v) is 11.2. The summed E-state index contributed by atoms with van der Waals surface area (Å²) in [6.45, 7) is 9.77. The summed E-state index contributed by atoms with van der Waals surface area (Å²) in [6, 6.07) is 12.8. The number of rotatable bonds is 16. The normalized spacial score (nSPS) is 13.2. The van der Waals surface area contributed by atoms with Crippen molar-refractivity contribution in [2.45, 2.75) is 59.3 Å². The summed E-state index contributed by atoms with van der Waals surface area (Å²) in [7, 11) is -16.9.